The molecular weight excluding hydrogens is 509 g/mol. The molecule has 3 aliphatic rings. The van der Waals surface area contributed by atoms with Crippen molar-refractivity contribution >= 4 is 57.2 Å². The van der Waals surface area contributed by atoms with Crippen LogP contribution in [-0.4, -0.2) is 6.71 Å². The van der Waals surface area contributed by atoms with Gasteiger partial charge in [-0.15, -0.1) is 0 Å². The molecule has 41 heavy (non-hydrogen) atoms. The van der Waals surface area contributed by atoms with Gasteiger partial charge in [-0.3, -0.25) is 0 Å². The number of hydrogen-bond acceptors (Lipinski definition) is 2. The molecule has 0 bridgehead atoms. The minimum absolute atomic E-state index is 0.0428. The lowest BCUT2D eigenvalue weighted by atomic mass is 9.33. The quantitative estimate of drug-likeness (QED) is 0.210. The number of para-hydroxylation sites is 2. The molecule has 0 spiro atoms. The summed E-state index contributed by atoms with van der Waals surface area (Å²) in [7, 11) is 0. The van der Waals surface area contributed by atoms with Gasteiger partial charge in [0, 0.05) is 34.1 Å². The van der Waals surface area contributed by atoms with Crippen molar-refractivity contribution in [1.82, 2.24) is 0 Å². The SMILES string of the molecule is Fc1ccc(N2c3ccccc3B3c4ccccc4N(c4ccc(F)cc4)c4cc(C5CCCCC5)cc2c43)cc1. The molecule has 0 atom stereocenters. The van der Waals surface area contributed by atoms with Crippen LogP contribution in [0.5, 0.6) is 0 Å². The molecule has 5 heteroatoms. The van der Waals surface area contributed by atoms with E-state index in [0.29, 0.717) is 5.92 Å². The predicted octanol–water partition coefficient (Wildman–Crippen LogP) is 8.10. The monoisotopic (exact) mass is 538 g/mol. The fraction of sp³-hybridized carbons (Fsp3) is 0.167. The molecule has 0 amide bonds. The Kier molecular flexibility index (Phi) is 5.73. The Morgan fingerprint density at radius 3 is 1.49 bits per heavy atom. The molecule has 1 saturated carbocycles. The second-order valence-corrected chi connectivity index (χ2v) is 11.5. The first-order valence-electron chi connectivity index (χ1n) is 14.6. The molecule has 1 aliphatic carbocycles. The summed E-state index contributed by atoms with van der Waals surface area (Å²) < 4.78 is 28.2. The van der Waals surface area contributed by atoms with E-state index < -0.39 is 0 Å². The number of rotatable bonds is 3. The van der Waals surface area contributed by atoms with Gasteiger partial charge in [0.25, 0.3) is 6.71 Å². The highest BCUT2D eigenvalue weighted by Crippen LogP contribution is 2.46. The largest absolute Gasteiger partial charge is 0.311 e. The third kappa shape index (κ3) is 3.90. The Labute approximate surface area is 240 Å². The Morgan fingerprint density at radius 2 is 1.00 bits per heavy atom. The van der Waals surface area contributed by atoms with Gasteiger partial charge in [-0.25, -0.2) is 8.78 Å². The van der Waals surface area contributed by atoms with Crippen molar-refractivity contribution in [1.29, 1.82) is 0 Å². The van der Waals surface area contributed by atoms with Crippen molar-refractivity contribution in [2.75, 3.05) is 9.80 Å². The molecule has 200 valence electrons. The third-order valence-electron chi connectivity index (χ3n) is 9.15. The van der Waals surface area contributed by atoms with Crippen LogP contribution in [-0.2, 0) is 0 Å². The first kappa shape index (κ1) is 24.4. The standard InChI is InChI=1S/C36H29BF2N2/c38-26-14-18-28(19-15-26)40-32-12-6-4-10-30(32)37-31-11-5-7-13-33(31)41(29-20-16-27(39)17-21-29)35-23-25(22-34(40)36(35)37)24-8-2-1-3-9-24/h4-7,10-24H,1-3,8-9H2. The molecule has 2 heterocycles. The Balaban J connectivity index is 1.46. The van der Waals surface area contributed by atoms with Crippen molar-refractivity contribution in [3.63, 3.8) is 0 Å². The van der Waals surface area contributed by atoms with E-state index in [9.17, 15) is 8.78 Å². The van der Waals surface area contributed by atoms with Gasteiger partial charge in [0.15, 0.2) is 0 Å². The fourth-order valence-corrected chi connectivity index (χ4v) is 7.33. The second kappa shape index (κ2) is 9.62. The molecule has 1 fully saturated rings. The average Bonchev–Trinajstić information content (AvgIpc) is 3.02. The van der Waals surface area contributed by atoms with Crippen LogP contribution in [0, 0.1) is 11.6 Å². The zero-order valence-electron chi connectivity index (χ0n) is 22.7. The zero-order valence-corrected chi connectivity index (χ0v) is 22.7. The van der Waals surface area contributed by atoms with Crippen molar-refractivity contribution in [3.05, 3.63) is 126 Å². The summed E-state index contributed by atoms with van der Waals surface area (Å²) in [4.78, 5) is 4.63. The van der Waals surface area contributed by atoms with Crippen LogP contribution >= 0.6 is 0 Å². The molecule has 2 nitrogen and oxygen atoms in total. The number of hydrogen-bond donors (Lipinski definition) is 0. The molecule has 2 aliphatic heterocycles. The summed E-state index contributed by atoms with van der Waals surface area (Å²) >= 11 is 0. The molecule has 8 rings (SSSR count). The predicted molar refractivity (Wildman–Crippen MR) is 166 cm³/mol. The van der Waals surface area contributed by atoms with Crippen molar-refractivity contribution < 1.29 is 8.78 Å². The Bertz CT molecular complexity index is 1640. The van der Waals surface area contributed by atoms with Gasteiger partial charge in [0.1, 0.15) is 11.6 Å². The number of fused-ring (bicyclic) bond motifs is 4. The van der Waals surface area contributed by atoms with E-state index in [2.05, 4.69) is 70.5 Å². The highest BCUT2D eigenvalue weighted by molar-refractivity contribution is 7.00. The molecule has 5 aromatic carbocycles. The van der Waals surface area contributed by atoms with E-state index in [1.807, 2.05) is 24.3 Å². The average molecular weight is 538 g/mol. The zero-order chi connectivity index (χ0) is 27.5. The molecule has 0 N–H and O–H groups in total. The van der Waals surface area contributed by atoms with Crippen molar-refractivity contribution in [2.24, 2.45) is 0 Å². The van der Waals surface area contributed by atoms with E-state index in [-0.39, 0.29) is 18.3 Å². The lowest BCUT2D eigenvalue weighted by Crippen LogP contribution is -2.61. The molecule has 0 aromatic heterocycles. The van der Waals surface area contributed by atoms with E-state index in [0.717, 1.165) is 34.1 Å². The lowest BCUT2D eigenvalue weighted by molar-refractivity contribution is 0.444. The van der Waals surface area contributed by atoms with Crippen LogP contribution in [0.4, 0.5) is 42.9 Å². The van der Waals surface area contributed by atoms with E-state index in [4.69, 9.17) is 0 Å². The van der Waals surface area contributed by atoms with Gasteiger partial charge in [-0.05, 0) is 114 Å². The molecule has 0 saturated heterocycles. The van der Waals surface area contributed by atoms with Gasteiger partial charge >= 0.3 is 0 Å². The molecule has 5 aromatic rings. The number of nitrogens with zero attached hydrogens (tertiary/aromatic N) is 2. The maximum Gasteiger partial charge on any atom is 0.252 e. The number of anilines is 6. The van der Waals surface area contributed by atoms with Gasteiger partial charge in [-0.2, -0.15) is 0 Å². The van der Waals surface area contributed by atoms with Crippen LogP contribution in [0.3, 0.4) is 0 Å². The summed E-state index contributed by atoms with van der Waals surface area (Å²) in [5.41, 5.74) is 11.4. The van der Waals surface area contributed by atoms with Gasteiger partial charge in [0.2, 0.25) is 0 Å². The molecule has 0 radical (unpaired) electrons. The summed E-state index contributed by atoms with van der Waals surface area (Å²) in [6.45, 7) is 0.0428. The maximum atomic E-state index is 14.1. The summed E-state index contributed by atoms with van der Waals surface area (Å²) in [6.07, 6.45) is 6.15. The van der Waals surface area contributed by atoms with Gasteiger partial charge in [0.05, 0.1) is 0 Å². The van der Waals surface area contributed by atoms with E-state index in [1.54, 1.807) is 24.3 Å². The summed E-state index contributed by atoms with van der Waals surface area (Å²) in [6, 6.07) is 35.7. The maximum absolute atomic E-state index is 14.1. The summed E-state index contributed by atoms with van der Waals surface area (Å²) in [5.74, 6) is 0.000800. The van der Waals surface area contributed by atoms with Crippen LogP contribution in [0.2, 0.25) is 0 Å². The Morgan fingerprint density at radius 1 is 0.537 bits per heavy atom. The lowest BCUT2D eigenvalue weighted by Gasteiger charge is -2.44. The normalized spacial score (nSPS) is 15.8. The van der Waals surface area contributed by atoms with Crippen LogP contribution in [0.1, 0.15) is 43.6 Å². The number of halogens is 2. The second-order valence-electron chi connectivity index (χ2n) is 11.5. The molecule has 0 unspecified atom stereocenters. The first-order chi connectivity index (χ1) is 20.2. The van der Waals surface area contributed by atoms with Crippen LogP contribution < -0.4 is 26.2 Å². The Hall–Kier alpha value is -4.38. The van der Waals surface area contributed by atoms with E-state index >= 15 is 0 Å². The summed E-state index contributed by atoms with van der Waals surface area (Å²) in [5, 5.41) is 0. The minimum Gasteiger partial charge on any atom is -0.311 e. The first-order valence-corrected chi connectivity index (χ1v) is 14.6. The van der Waals surface area contributed by atoms with Gasteiger partial charge < -0.3 is 9.80 Å². The smallest absolute Gasteiger partial charge is 0.252 e. The van der Waals surface area contributed by atoms with Gasteiger partial charge in [-0.1, -0.05) is 55.7 Å². The third-order valence-corrected chi connectivity index (χ3v) is 9.15. The van der Waals surface area contributed by atoms with Crippen molar-refractivity contribution in [3.8, 4) is 0 Å². The topological polar surface area (TPSA) is 6.48 Å². The van der Waals surface area contributed by atoms with E-state index in [1.165, 1.54) is 54.1 Å². The van der Waals surface area contributed by atoms with Crippen LogP contribution in [0.15, 0.2) is 109 Å². The minimum atomic E-state index is -0.244. The van der Waals surface area contributed by atoms with Crippen molar-refractivity contribution in [2.45, 2.75) is 38.0 Å². The highest BCUT2D eigenvalue weighted by atomic mass is 19.1. The molecular formula is C36H29BF2N2. The van der Waals surface area contributed by atoms with Crippen LogP contribution in [0.25, 0.3) is 0 Å². The highest BCUT2D eigenvalue weighted by Gasteiger charge is 2.43. The fourth-order valence-electron chi connectivity index (χ4n) is 7.33. The number of benzene rings is 5.